The van der Waals surface area contributed by atoms with E-state index in [1.165, 1.54) is 18.2 Å². The van der Waals surface area contributed by atoms with Gasteiger partial charge in [-0.15, -0.1) is 0 Å². The van der Waals surface area contributed by atoms with Gasteiger partial charge in [0, 0.05) is 4.83 Å². The number of methoxy groups -OCH3 is 2. The van der Waals surface area contributed by atoms with Crippen LogP contribution >= 0.6 is 15.9 Å². The van der Waals surface area contributed by atoms with Crippen molar-refractivity contribution in [2.75, 3.05) is 14.2 Å². The zero-order valence-corrected chi connectivity index (χ0v) is 14.5. The first-order chi connectivity index (χ1) is 10.5. The molecule has 0 spiro atoms. The number of alkyl halides is 1. The van der Waals surface area contributed by atoms with Gasteiger partial charge in [-0.1, -0.05) is 34.1 Å². The van der Waals surface area contributed by atoms with E-state index in [-0.39, 0.29) is 10.8 Å². The van der Waals surface area contributed by atoms with Crippen LogP contribution in [0, 0.1) is 6.92 Å². The van der Waals surface area contributed by atoms with Crippen molar-refractivity contribution in [3.8, 4) is 5.75 Å². The largest absolute Gasteiger partial charge is 0.497 e. The van der Waals surface area contributed by atoms with Crippen molar-refractivity contribution < 1.29 is 14.3 Å². The molecular weight excluding hydrogens is 344 g/mol. The van der Waals surface area contributed by atoms with E-state index in [1.54, 1.807) is 19.2 Å². The molecule has 22 heavy (non-hydrogen) atoms. The van der Waals surface area contributed by atoms with E-state index in [0.29, 0.717) is 5.56 Å². The topological polar surface area (TPSA) is 35.5 Å². The number of esters is 1. The highest BCUT2D eigenvalue weighted by molar-refractivity contribution is 9.09. The molecule has 2 aromatic carbocycles. The molecule has 0 N–H and O–H groups in total. The lowest BCUT2D eigenvalue weighted by Crippen LogP contribution is -2.02. The maximum Gasteiger partial charge on any atom is 0.337 e. The van der Waals surface area contributed by atoms with Crippen LogP contribution in [0.15, 0.2) is 42.5 Å². The maximum atomic E-state index is 11.4. The van der Waals surface area contributed by atoms with E-state index in [4.69, 9.17) is 9.47 Å². The van der Waals surface area contributed by atoms with E-state index in [1.807, 2.05) is 24.3 Å². The van der Waals surface area contributed by atoms with Gasteiger partial charge < -0.3 is 9.47 Å². The summed E-state index contributed by atoms with van der Waals surface area (Å²) in [5.74, 6) is 0.553. The van der Waals surface area contributed by atoms with Crippen molar-refractivity contribution in [2.45, 2.75) is 18.2 Å². The first kappa shape index (κ1) is 16.6. The van der Waals surface area contributed by atoms with Gasteiger partial charge in [-0.3, -0.25) is 0 Å². The van der Waals surface area contributed by atoms with Crippen LogP contribution in [0.3, 0.4) is 0 Å². The molecule has 0 aromatic heterocycles. The Morgan fingerprint density at radius 2 is 1.82 bits per heavy atom. The van der Waals surface area contributed by atoms with Crippen LogP contribution in [0.1, 0.15) is 31.9 Å². The van der Waals surface area contributed by atoms with Crippen LogP contribution in [0.5, 0.6) is 5.75 Å². The summed E-state index contributed by atoms with van der Waals surface area (Å²) >= 11 is 3.72. The monoisotopic (exact) mass is 362 g/mol. The highest BCUT2D eigenvalue weighted by Crippen LogP contribution is 2.29. The van der Waals surface area contributed by atoms with Crippen LogP contribution in [-0.2, 0) is 11.2 Å². The Balaban J connectivity index is 2.13. The Kier molecular flexibility index (Phi) is 5.61. The Morgan fingerprint density at radius 1 is 1.14 bits per heavy atom. The molecular formula is C18H19BrO3. The van der Waals surface area contributed by atoms with E-state index in [0.717, 1.165) is 17.7 Å². The van der Waals surface area contributed by atoms with Crippen LogP contribution in [-0.4, -0.2) is 20.2 Å². The van der Waals surface area contributed by atoms with E-state index < -0.39 is 0 Å². The van der Waals surface area contributed by atoms with Gasteiger partial charge >= 0.3 is 5.97 Å². The van der Waals surface area contributed by atoms with Crippen LogP contribution in [0.2, 0.25) is 0 Å². The zero-order valence-electron chi connectivity index (χ0n) is 12.9. The highest BCUT2D eigenvalue weighted by atomic mass is 79.9. The van der Waals surface area contributed by atoms with Crippen molar-refractivity contribution in [1.82, 2.24) is 0 Å². The summed E-state index contributed by atoms with van der Waals surface area (Å²) in [5.41, 5.74) is 4.06. The summed E-state index contributed by atoms with van der Waals surface area (Å²) in [5, 5.41) is 0. The lowest BCUT2D eigenvalue weighted by atomic mass is 10.0. The predicted octanol–water partition coefficient (Wildman–Crippen LogP) is 4.47. The number of benzene rings is 2. The molecule has 0 aliphatic carbocycles. The highest BCUT2D eigenvalue weighted by Gasteiger charge is 2.11. The second kappa shape index (κ2) is 7.45. The van der Waals surface area contributed by atoms with Gasteiger partial charge in [-0.25, -0.2) is 4.79 Å². The number of carbonyl (C=O) groups is 1. The average molecular weight is 363 g/mol. The summed E-state index contributed by atoms with van der Waals surface area (Å²) in [6, 6.07) is 13.7. The number of carbonyl (C=O) groups excluding carboxylic acids is 1. The number of ether oxygens (including phenoxy) is 2. The standard InChI is InChI=1S/C18H19BrO3/c1-12-8-13(10-16(9-12)21-2)11-17(19)14-4-6-15(7-5-14)18(20)22-3/h4-10,17H,11H2,1-3H3. The van der Waals surface area contributed by atoms with Crippen molar-refractivity contribution in [1.29, 1.82) is 0 Å². The summed E-state index contributed by atoms with van der Waals surface area (Å²) in [7, 11) is 3.06. The summed E-state index contributed by atoms with van der Waals surface area (Å²) in [6.45, 7) is 2.06. The molecule has 0 aliphatic heterocycles. The van der Waals surface area contributed by atoms with Gasteiger partial charge in [-0.2, -0.15) is 0 Å². The number of halogens is 1. The van der Waals surface area contributed by atoms with Crippen molar-refractivity contribution >= 4 is 21.9 Å². The molecule has 4 heteroatoms. The third-order valence-corrected chi connectivity index (χ3v) is 4.31. The third-order valence-electron chi connectivity index (χ3n) is 3.45. The normalized spacial score (nSPS) is 11.8. The number of hydrogen-bond donors (Lipinski definition) is 0. The second-order valence-electron chi connectivity index (χ2n) is 5.14. The Morgan fingerprint density at radius 3 is 2.41 bits per heavy atom. The van der Waals surface area contributed by atoms with E-state index in [9.17, 15) is 4.79 Å². The predicted molar refractivity (Wildman–Crippen MR) is 90.9 cm³/mol. The minimum absolute atomic E-state index is 0.172. The number of hydrogen-bond acceptors (Lipinski definition) is 3. The molecule has 0 radical (unpaired) electrons. The van der Waals surface area contributed by atoms with Crippen LogP contribution in [0.4, 0.5) is 0 Å². The molecule has 0 saturated carbocycles. The molecule has 1 unspecified atom stereocenters. The summed E-state index contributed by atoms with van der Waals surface area (Å²) in [4.78, 5) is 11.6. The quantitative estimate of drug-likeness (QED) is 0.581. The average Bonchev–Trinajstić information content (AvgIpc) is 2.53. The molecule has 0 fully saturated rings. The minimum atomic E-state index is -0.318. The zero-order chi connectivity index (χ0) is 16.1. The molecule has 116 valence electrons. The number of aryl methyl sites for hydroxylation is 1. The fraction of sp³-hybridized carbons (Fsp3) is 0.278. The SMILES string of the molecule is COC(=O)c1ccc(C(Br)Cc2cc(C)cc(OC)c2)cc1. The maximum absolute atomic E-state index is 11.4. The molecule has 0 saturated heterocycles. The molecule has 0 aliphatic rings. The molecule has 2 rings (SSSR count). The summed E-state index contributed by atoms with van der Waals surface area (Å²) < 4.78 is 10.0. The Hall–Kier alpha value is -1.81. The smallest absolute Gasteiger partial charge is 0.337 e. The molecule has 0 bridgehead atoms. The molecule has 1 atom stereocenters. The van der Waals surface area contributed by atoms with Crippen molar-refractivity contribution in [3.05, 3.63) is 64.7 Å². The molecule has 2 aromatic rings. The van der Waals surface area contributed by atoms with Crippen molar-refractivity contribution in [3.63, 3.8) is 0 Å². The van der Waals surface area contributed by atoms with Crippen LogP contribution in [0.25, 0.3) is 0 Å². The lowest BCUT2D eigenvalue weighted by molar-refractivity contribution is 0.0600. The van der Waals surface area contributed by atoms with Gasteiger partial charge in [0.05, 0.1) is 19.8 Å². The van der Waals surface area contributed by atoms with Gasteiger partial charge in [0.2, 0.25) is 0 Å². The van der Waals surface area contributed by atoms with Crippen molar-refractivity contribution in [2.24, 2.45) is 0 Å². The first-order valence-corrected chi connectivity index (χ1v) is 7.92. The second-order valence-corrected chi connectivity index (χ2v) is 6.25. The third kappa shape index (κ3) is 4.10. The first-order valence-electron chi connectivity index (χ1n) is 7.00. The molecule has 0 heterocycles. The molecule has 3 nitrogen and oxygen atoms in total. The van der Waals surface area contributed by atoms with Gasteiger partial charge in [0.1, 0.15) is 5.75 Å². The lowest BCUT2D eigenvalue weighted by Gasteiger charge is -2.13. The Bertz CT molecular complexity index is 650. The molecule has 0 amide bonds. The van der Waals surface area contributed by atoms with Gasteiger partial charge in [0.25, 0.3) is 0 Å². The minimum Gasteiger partial charge on any atom is -0.497 e. The van der Waals surface area contributed by atoms with Gasteiger partial charge in [-0.05, 0) is 54.3 Å². The van der Waals surface area contributed by atoms with E-state index >= 15 is 0 Å². The van der Waals surface area contributed by atoms with Crippen LogP contribution < -0.4 is 4.74 Å². The summed E-state index contributed by atoms with van der Waals surface area (Å²) in [6.07, 6.45) is 0.843. The van der Waals surface area contributed by atoms with E-state index in [2.05, 4.69) is 28.9 Å². The number of rotatable bonds is 5. The van der Waals surface area contributed by atoms with Gasteiger partial charge in [0.15, 0.2) is 0 Å². The fourth-order valence-electron chi connectivity index (χ4n) is 2.33. The fourth-order valence-corrected chi connectivity index (χ4v) is 3.01. The Labute approximate surface area is 139 Å².